The number of carbonyl (C=O) groups is 1. The molecule has 1 rings (SSSR count). The second kappa shape index (κ2) is 7.33. The summed E-state index contributed by atoms with van der Waals surface area (Å²) in [5.41, 5.74) is 6.32. The van der Waals surface area contributed by atoms with E-state index in [2.05, 4.69) is 24.1 Å². The van der Waals surface area contributed by atoms with Crippen molar-refractivity contribution in [2.75, 3.05) is 6.54 Å². The smallest absolute Gasteiger partial charge is 0.251 e. The Kier molecular flexibility index (Phi) is 6.06. The monoisotopic (exact) mass is 292 g/mol. The van der Waals surface area contributed by atoms with Gasteiger partial charge in [-0.1, -0.05) is 36.8 Å². The van der Waals surface area contributed by atoms with E-state index in [1.807, 2.05) is 13.8 Å². The zero-order chi connectivity index (χ0) is 15.2. The third-order valence-corrected chi connectivity index (χ3v) is 3.20. The van der Waals surface area contributed by atoms with Crippen LogP contribution in [0.4, 0.5) is 0 Å². The van der Waals surface area contributed by atoms with Crippen molar-refractivity contribution in [3.05, 3.63) is 34.3 Å². The summed E-state index contributed by atoms with van der Waals surface area (Å²) >= 11 is 6.12. The fraction of sp³-hybridized carbons (Fsp3) is 0.438. The lowest BCUT2D eigenvalue weighted by Gasteiger charge is -2.25. The summed E-state index contributed by atoms with van der Waals surface area (Å²) in [5, 5.41) is 3.47. The van der Waals surface area contributed by atoms with Gasteiger partial charge in [-0.3, -0.25) is 4.79 Å². The highest BCUT2D eigenvalue weighted by molar-refractivity contribution is 6.32. The van der Waals surface area contributed by atoms with Crippen LogP contribution in [-0.2, 0) is 0 Å². The molecule has 0 heterocycles. The molecule has 0 spiro atoms. The van der Waals surface area contributed by atoms with Crippen LogP contribution in [0.3, 0.4) is 0 Å². The second-order valence-electron chi connectivity index (χ2n) is 5.29. The van der Waals surface area contributed by atoms with Crippen molar-refractivity contribution in [1.29, 1.82) is 0 Å². The lowest BCUT2D eigenvalue weighted by atomic mass is 9.98. The molecular formula is C16H21ClN2O. The van der Waals surface area contributed by atoms with Gasteiger partial charge in [-0.25, -0.2) is 0 Å². The van der Waals surface area contributed by atoms with Crippen LogP contribution >= 0.6 is 11.6 Å². The molecule has 1 aromatic rings. The molecule has 0 aliphatic heterocycles. The quantitative estimate of drug-likeness (QED) is 0.838. The van der Waals surface area contributed by atoms with Gasteiger partial charge in [-0.05, 0) is 38.5 Å². The normalized spacial score (nSPS) is 10.7. The molecule has 0 bridgehead atoms. The molecule has 0 atom stereocenters. The molecule has 1 amide bonds. The molecule has 0 aliphatic carbocycles. The molecule has 0 radical (unpaired) electrons. The third kappa shape index (κ3) is 4.88. The van der Waals surface area contributed by atoms with Crippen LogP contribution in [-0.4, -0.2) is 18.0 Å². The molecule has 0 aliphatic rings. The van der Waals surface area contributed by atoms with E-state index in [1.54, 1.807) is 18.2 Å². The topological polar surface area (TPSA) is 55.1 Å². The van der Waals surface area contributed by atoms with Crippen LogP contribution in [0.15, 0.2) is 18.2 Å². The Bertz CT molecular complexity index is 541. The van der Waals surface area contributed by atoms with Gasteiger partial charge in [0, 0.05) is 16.7 Å². The van der Waals surface area contributed by atoms with E-state index in [0.29, 0.717) is 16.1 Å². The molecule has 0 saturated carbocycles. The van der Waals surface area contributed by atoms with E-state index in [1.165, 1.54) is 0 Å². The number of rotatable bonds is 4. The molecule has 0 saturated heterocycles. The van der Waals surface area contributed by atoms with Gasteiger partial charge in [-0.15, -0.1) is 0 Å². The Morgan fingerprint density at radius 2 is 2.15 bits per heavy atom. The van der Waals surface area contributed by atoms with Gasteiger partial charge in [0.2, 0.25) is 0 Å². The highest BCUT2D eigenvalue weighted by Gasteiger charge is 2.20. The summed E-state index contributed by atoms with van der Waals surface area (Å²) in [4.78, 5) is 12.2. The van der Waals surface area contributed by atoms with E-state index < -0.39 is 0 Å². The molecule has 0 aromatic heterocycles. The first-order chi connectivity index (χ1) is 9.39. The Hall–Kier alpha value is -1.50. The summed E-state index contributed by atoms with van der Waals surface area (Å²) in [7, 11) is 0. The fourth-order valence-corrected chi connectivity index (χ4v) is 2.20. The van der Waals surface area contributed by atoms with E-state index >= 15 is 0 Å². The zero-order valence-corrected chi connectivity index (χ0v) is 13.0. The van der Waals surface area contributed by atoms with E-state index in [0.717, 1.165) is 12.8 Å². The standard InChI is InChI=1S/C16H21ClN2O/c1-4-9-16(2,3)19-15(20)13-8-7-12(6-5-10-18)14(17)11-13/h7-8,11H,4,9-10,18H2,1-3H3,(H,19,20). The minimum absolute atomic E-state index is 0.122. The maximum atomic E-state index is 12.2. The van der Waals surface area contributed by atoms with Crippen molar-refractivity contribution in [1.82, 2.24) is 5.32 Å². The van der Waals surface area contributed by atoms with Gasteiger partial charge in [0.1, 0.15) is 0 Å². The third-order valence-electron chi connectivity index (χ3n) is 2.88. The average molecular weight is 293 g/mol. The Morgan fingerprint density at radius 1 is 1.45 bits per heavy atom. The molecule has 4 heteroatoms. The average Bonchev–Trinajstić information content (AvgIpc) is 2.36. The van der Waals surface area contributed by atoms with Gasteiger partial charge in [-0.2, -0.15) is 0 Å². The highest BCUT2D eigenvalue weighted by atomic mass is 35.5. The number of halogens is 1. The number of nitrogens with two attached hydrogens (primary N) is 1. The van der Waals surface area contributed by atoms with Crippen LogP contribution in [0.5, 0.6) is 0 Å². The first kappa shape index (κ1) is 16.6. The van der Waals surface area contributed by atoms with Gasteiger partial charge in [0.15, 0.2) is 0 Å². The minimum atomic E-state index is -0.226. The molecule has 0 unspecified atom stereocenters. The number of hydrogen-bond donors (Lipinski definition) is 2. The molecule has 108 valence electrons. The minimum Gasteiger partial charge on any atom is -0.347 e. The van der Waals surface area contributed by atoms with Crippen molar-refractivity contribution in [3.63, 3.8) is 0 Å². The molecular weight excluding hydrogens is 272 g/mol. The predicted molar refractivity (Wildman–Crippen MR) is 83.8 cm³/mol. The largest absolute Gasteiger partial charge is 0.347 e. The molecule has 0 fully saturated rings. The SMILES string of the molecule is CCCC(C)(C)NC(=O)c1ccc(C#CCN)c(Cl)c1. The number of nitrogens with one attached hydrogen (secondary N) is 1. The Balaban J connectivity index is 2.88. The van der Waals surface area contributed by atoms with Crippen LogP contribution in [0, 0.1) is 11.8 Å². The second-order valence-corrected chi connectivity index (χ2v) is 5.70. The molecule has 3 nitrogen and oxygen atoms in total. The molecule has 3 N–H and O–H groups in total. The van der Waals surface area contributed by atoms with Crippen molar-refractivity contribution >= 4 is 17.5 Å². The number of hydrogen-bond acceptors (Lipinski definition) is 2. The first-order valence-corrected chi connectivity index (χ1v) is 7.08. The summed E-state index contributed by atoms with van der Waals surface area (Å²) < 4.78 is 0. The van der Waals surface area contributed by atoms with Gasteiger partial charge in [0.25, 0.3) is 5.91 Å². The van der Waals surface area contributed by atoms with E-state index in [-0.39, 0.29) is 18.0 Å². The van der Waals surface area contributed by atoms with E-state index in [4.69, 9.17) is 17.3 Å². The van der Waals surface area contributed by atoms with Gasteiger partial charge < -0.3 is 11.1 Å². The van der Waals surface area contributed by atoms with Crippen molar-refractivity contribution in [2.24, 2.45) is 5.73 Å². The van der Waals surface area contributed by atoms with Crippen molar-refractivity contribution in [2.45, 2.75) is 39.2 Å². The summed E-state index contributed by atoms with van der Waals surface area (Å²) in [6.45, 7) is 6.40. The molecule has 20 heavy (non-hydrogen) atoms. The van der Waals surface area contributed by atoms with Crippen LogP contribution in [0.1, 0.15) is 49.5 Å². The first-order valence-electron chi connectivity index (χ1n) is 6.70. The maximum Gasteiger partial charge on any atom is 0.251 e. The van der Waals surface area contributed by atoms with Crippen LogP contribution in [0.2, 0.25) is 5.02 Å². The highest BCUT2D eigenvalue weighted by Crippen LogP contribution is 2.18. The fourth-order valence-electron chi connectivity index (χ4n) is 1.97. The van der Waals surface area contributed by atoms with Crippen LogP contribution in [0.25, 0.3) is 0 Å². The predicted octanol–water partition coefficient (Wildman–Crippen LogP) is 2.96. The lowest BCUT2D eigenvalue weighted by Crippen LogP contribution is -2.43. The molecule has 1 aromatic carbocycles. The van der Waals surface area contributed by atoms with Crippen molar-refractivity contribution < 1.29 is 4.79 Å². The summed E-state index contributed by atoms with van der Waals surface area (Å²) in [5.74, 6) is 5.49. The number of benzene rings is 1. The number of carbonyl (C=O) groups excluding carboxylic acids is 1. The summed E-state index contributed by atoms with van der Waals surface area (Å²) in [6.07, 6.45) is 1.94. The lowest BCUT2D eigenvalue weighted by molar-refractivity contribution is 0.0909. The number of amides is 1. The van der Waals surface area contributed by atoms with Crippen LogP contribution < -0.4 is 11.1 Å². The van der Waals surface area contributed by atoms with Gasteiger partial charge >= 0.3 is 0 Å². The maximum absolute atomic E-state index is 12.2. The van der Waals surface area contributed by atoms with Crippen molar-refractivity contribution in [3.8, 4) is 11.8 Å². The summed E-state index contributed by atoms with van der Waals surface area (Å²) in [6, 6.07) is 5.11. The Morgan fingerprint density at radius 3 is 2.70 bits per heavy atom. The zero-order valence-electron chi connectivity index (χ0n) is 12.2. The Labute approximate surface area is 125 Å². The van der Waals surface area contributed by atoms with Gasteiger partial charge in [0.05, 0.1) is 11.6 Å². The van der Waals surface area contributed by atoms with E-state index in [9.17, 15) is 4.79 Å².